The normalized spacial score (nSPS) is 13.3. The van der Waals surface area contributed by atoms with Crippen molar-refractivity contribution in [3.63, 3.8) is 0 Å². The minimum absolute atomic E-state index is 0.0350. The number of halogens is 2. The molecule has 3 heterocycles. The Morgan fingerprint density at radius 2 is 2.10 bits per heavy atom. The average Bonchev–Trinajstić information content (AvgIpc) is 3.18. The number of aromatic amines is 1. The zero-order valence-electron chi connectivity index (χ0n) is 16.4. The molecule has 2 aromatic heterocycles. The van der Waals surface area contributed by atoms with Crippen LogP contribution in [-0.4, -0.2) is 33.2 Å². The van der Waals surface area contributed by atoms with Crippen molar-refractivity contribution >= 4 is 34.2 Å². The number of methoxy groups -OCH3 is 1. The van der Waals surface area contributed by atoms with Crippen LogP contribution in [0.1, 0.15) is 11.1 Å². The monoisotopic (exact) mass is 437 g/mol. The number of anilines is 1. The van der Waals surface area contributed by atoms with Gasteiger partial charge in [0.25, 0.3) is 0 Å². The number of ether oxygens (including phenoxy) is 1. The van der Waals surface area contributed by atoms with Gasteiger partial charge in [0.05, 0.1) is 17.6 Å². The molecule has 2 aromatic carbocycles. The Morgan fingerprint density at radius 3 is 2.90 bits per heavy atom. The summed E-state index contributed by atoms with van der Waals surface area (Å²) in [5.74, 6) is 0.0180. The van der Waals surface area contributed by atoms with E-state index in [9.17, 15) is 9.18 Å². The number of H-pyrrole nitrogens is 1. The summed E-state index contributed by atoms with van der Waals surface area (Å²) >= 11 is 5.88. The Bertz CT molecular complexity index is 1320. The van der Waals surface area contributed by atoms with Gasteiger partial charge in [-0.1, -0.05) is 17.7 Å². The maximum atomic E-state index is 13.4. The van der Waals surface area contributed by atoms with E-state index < -0.39 is 5.82 Å². The van der Waals surface area contributed by atoms with Crippen molar-refractivity contribution in [1.82, 2.24) is 20.1 Å². The van der Waals surface area contributed by atoms with Crippen LogP contribution in [-0.2, 0) is 13.1 Å². The van der Waals surface area contributed by atoms with Crippen molar-refractivity contribution < 1.29 is 13.9 Å². The number of rotatable bonds is 4. The van der Waals surface area contributed by atoms with Gasteiger partial charge in [0.2, 0.25) is 5.88 Å². The summed E-state index contributed by atoms with van der Waals surface area (Å²) in [7, 11) is 1.57. The molecule has 0 spiro atoms. The first-order valence-corrected chi connectivity index (χ1v) is 9.91. The molecular formula is C22H17ClFN5O2. The number of aromatic nitrogens is 3. The molecule has 156 valence electrons. The SMILES string of the molecule is COc1cc(-c2n[nH]c3cc4c(cc23)CN(Cc2ccc(F)c(Cl)c2)C(=O)N4)ccn1. The molecule has 0 aliphatic carbocycles. The van der Waals surface area contributed by atoms with Gasteiger partial charge < -0.3 is 15.0 Å². The van der Waals surface area contributed by atoms with Crippen LogP contribution in [0.5, 0.6) is 5.88 Å². The summed E-state index contributed by atoms with van der Waals surface area (Å²) in [5.41, 5.74) is 4.88. The molecule has 0 atom stereocenters. The Hall–Kier alpha value is -3.65. The molecule has 31 heavy (non-hydrogen) atoms. The van der Waals surface area contributed by atoms with Crippen molar-refractivity contribution in [1.29, 1.82) is 0 Å². The first-order valence-electron chi connectivity index (χ1n) is 9.53. The fraction of sp³-hybridized carbons (Fsp3) is 0.136. The number of pyridine rings is 1. The average molecular weight is 438 g/mol. The van der Waals surface area contributed by atoms with E-state index in [0.717, 1.165) is 39.0 Å². The highest BCUT2D eigenvalue weighted by atomic mass is 35.5. The maximum Gasteiger partial charge on any atom is 0.322 e. The third kappa shape index (κ3) is 3.55. The Morgan fingerprint density at radius 1 is 1.23 bits per heavy atom. The Kier molecular flexibility index (Phi) is 4.71. The fourth-order valence-electron chi connectivity index (χ4n) is 3.70. The molecule has 4 aromatic rings. The molecular weight excluding hydrogens is 421 g/mol. The van der Waals surface area contributed by atoms with E-state index in [1.165, 1.54) is 12.1 Å². The van der Waals surface area contributed by atoms with Gasteiger partial charge in [0.15, 0.2) is 0 Å². The number of benzene rings is 2. The van der Waals surface area contributed by atoms with Crippen LogP contribution in [0.2, 0.25) is 5.02 Å². The largest absolute Gasteiger partial charge is 0.481 e. The smallest absolute Gasteiger partial charge is 0.322 e. The van der Waals surface area contributed by atoms with Crippen LogP contribution in [0, 0.1) is 5.82 Å². The number of urea groups is 1. The van der Waals surface area contributed by atoms with Crippen LogP contribution in [0.3, 0.4) is 0 Å². The van der Waals surface area contributed by atoms with Gasteiger partial charge in [-0.05, 0) is 41.5 Å². The summed E-state index contributed by atoms with van der Waals surface area (Å²) in [6.07, 6.45) is 1.67. The van der Waals surface area contributed by atoms with Crippen molar-refractivity contribution in [3.05, 3.63) is 70.6 Å². The molecule has 2 N–H and O–H groups in total. The lowest BCUT2D eigenvalue weighted by molar-refractivity contribution is 0.204. The van der Waals surface area contributed by atoms with E-state index in [4.69, 9.17) is 16.3 Å². The summed E-state index contributed by atoms with van der Waals surface area (Å²) in [6.45, 7) is 0.708. The van der Waals surface area contributed by atoms with E-state index in [2.05, 4.69) is 20.5 Å². The molecule has 9 heteroatoms. The molecule has 0 saturated carbocycles. The molecule has 0 unspecified atom stereocenters. The molecule has 0 radical (unpaired) electrons. The molecule has 5 rings (SSSR count). The number of hydrogen-bond donors (Lipinski definition) is 2. The lowest BCUT2D eigenvalue weighted by atomic mass is 10.0. The highest BCUT2D eigenvalue weighted by molar-refractivity contribution is 6.30. The standard InChI is InChI=1S/C22H17ClFN5O2/c1-31-20-8-13(4-5-25-20)21-15-7-14-11-29(10-12-2-3-17(24)16(23)6-12)22(30)26-18(14)9-19(15)27-28-21/h2-9H,10-11H2,1H3,(H,26,30)(H,27,28). The third-order valence-electron chi connectivity index (χ3n) is 5.25. The number of carbonyl (C=O) groups excluding carboxylic acids is 1. The summed E-state index contributed by atoms with van der Waals surface area (Å²) < 4.78 is 18.7. The molecule has 1 aliphatic heterocycles. The number of carbonyl (C=O) groups is 1. The number of nitrogens with zero attached hydrogens (tertiary/aromatic N) is 3. The van der Waals surface area contributed by atoms with Gasteiger partial charge in [-0.3, -0.25) is 5.10 Å². The Labute approximate surface area is 181 Å². The molecule has 7 nitrogen and oxygen atoms in total. The van der Waals surface area contributed by atoms with Gasteiger partial charge in [-0.15, -0.1) is 0 Å². The zero-order valence-corrected chi connectivity index (χ0v) is 17.2. The molecule has 1 aliphatic rings. The first-order chi connectivity index (χ1) is 15.0. The summed E-state index contributed by atoms with van der Waals surface area (Å²) in [4.78, 5) is 18.4. The van der Waals surface area contributed by atoms with E-state index in [0.29, 0.717) is 19.0 Å². The minimum Gasteiger partial charge on any atom is -0.481 e. The minimum atomic E-state index is -0.485. The first kappa shape index (κ1) is 19.3. The lowest BCUT2D eigenvalue weighted by Crippen LogP contribution is -2.38. The molecule has 2 amide bonds. The number of fused-ring (bicyclic) bond motifs is 2. The lowest BCUT2D eigenvalue weighted by Gasteiger charge is -2.29. The van der Waals surface area contributed by atoms with E-state index in [1.807, 2.05) is 24.3 Å². The van der Waals surface area contributed by atoms with Gasteiger partial charge in [0.1, 0.15) is 11.5 Å². The van der Waals surface area contributed by atoms with E-state index >= 15 is 0 Å². The number of amides is 2. The summed E-state index contributed by atoms with van der Waals surface area (Å²) in [6, 6.07) is 11.8. The number of nitrogens with one attached hydrogen (secondary N) is 2. The topological polar surface area (TPSA) is 83.1 Å². The second-order valence-corrected chi connectivity index (χ2v) is 7.66. The summed E-state index contributed by atoms with van der Waals surface area (Å²) in [5, 5.41) is 11.4. The van der Waals surface area contributed by atoms with Gasteiger partial charge >= 0.3 is 6.03 Å². The highest BCUT2D eigenvalue weighted by Gasteiger charge is 2.24. The van der Waals surface area contributed by atoms with Crippen LogP contribution < -0.4 is 10.1 Å². The highest BCUT2D eigenvalue weighted by Crippen LogP contribution is 2.34. The molecule has 0 bridgehead atoms. The van der Waals surface area contributed by atoms with Crippen molar-refractivity contribution in [2.45, 2.75) is 13.1 Å². The maximum absolute atomic E-state index is 13.4. The fourth-order valence-corrected chi connectivity index (χ4v) is 3.91. The second-order valence-electron chi connectivity index (χ2n) is 7.25. The van der Waals surface area contributed by atoms with Crippen LogP contribution in [0.15, 0.2) is 48.7 Å². The van der Waals surface area contributed by atoms with Crippen molar-refractivity contribution in [2.24, 2.45) is 0 Å². The molecule has 0 saturated heterocycles. The van der Waals surface area contributed by atoms with E-state index in [-0.39, 0.29) is 11.1 Å². The van der Waals surface area contributed by atoms with Crippen LogP contribution in [0.4, 0.5) is 14.9 Å². The van der Waals surface area contributed by atoms with E-state index in [1.54, 1.807) is 24.3 Å². The van der Waals surface area contributed by atoms with Gasteiger partial charge in [0, 0.05) is 42.0 Å². The van der Waals surface area contributed by atoms with Crippen LogP contribution >= 0.6 is 11.6 Å². The van der Waals surface area contributed by atoms with Crippen molar-refractivity contribution in [3.8, 4) is 17.1 Å². The predicted molar refractivity (Wildman–Crippen MR) is 116 cm³/mol. The van der Waals surface area contributed by atoms with Gasteiger partial charge in [-0.2, -0.15) is 5.10 Å². The quantitative estimate of drug-likeness (QED) is 0.472. The van der Waals surface area contributed by atoms with Crippen molar-refractivity contribution in [2.75, 3.05) is 12.4 Å². The zero-order chi connectivity index (χ0) is 21.5. The second kappa shape index (κ2) is 7.55. The number of hydrogen-bond acceptors (Lipinski definition) is 4. The van der Waals surface area contributed by atoms with Crippen LogP contribution in [0.25, 0.3) is 22.2 Å². The van der Waals surface area contributed by atoms with Gasteiger partial charge in [-0.25, -0.2) is 14.2 Å². The predicted octanol–water partition coefficient (Wildman–Crippen LogP) is 4.97. The molecule has 0 fully saturated rings. The Balaban J connectivity index is 1.49. The third-order valence-corrected chi connectivity index (χ3v) is 5.54.